The van der Waals surface area contributed by atoms with E-state index in [-0.39, 0.29) is 18.0 Å². The molecule has 4 aromatic rings. The summed E-state index contributed by atoms with van der Waals surface area (Å²) in [6.45, 7) is 6.42. The molecule has 1 aliphatic heterocycles. The van der Waals surface area contributed by atoms with Crippen molar-refractivity contribution in [3.63, 3.8) is 0 Å². The van der Waals surface area contributed by atoms with Crippen molar-refractivity contribution in [3.05, 3.63) is 89.7 Å². The van der Waals surface area contributed by atoms with Crippen LogP contribution in [0.4, 0.5) is 5.82 Å². The molecule has 0 aliphatic carbocycles. The van der Waals surface area contributed by atoms with Gasteiger partial charge < -0.3 is 25.4 Å². The normalized spacial score (nSPS) is 14.7. The largest absolute Gasteiger partial charge is 0.480 e. The van der Waals surface area contributed by atoms with Crippen molar-refractivity contribution in [2.75, 3.05) is 31.5 Å². The minimum atomic E-state index is -1.45. The number of likely N-dealkylation sites (tertiary alicyclic amines) is 1. The maximum absolute atomic E-state index is 12.6. The van der Waals surface area contributed by atoms with Gasteiger partial charge in [0, 0.05) is 19.6 Å². The van der Waals surface area contributed by atoms with E-state index in [1.54, 1.807) is 12.1 Å². The molecule has 1 fully saturated rings. The van der Waals surface area contributed by atoms with Crippen LogP contribution >= 0.6 is 0 Å². The van der Waals surface area contributed by atoms with Gasteiger partial charge in [-0.3, -0.25) is 4.79 Å². The number of aliphatic carboxylic acids is 1. The van der Waals surface area contributed by atoms with Crippen LogP contribution in [0.25, 0.3) is 5.65 Å². The highest BCUT2D eigenvalue weighted by atomic mass is 16.5. The lowest BCUT2D eigenvalue weighted by atomic mass is 10.00. The third kappa shape index (κ3) is 7.10. The molecule has 5 rings (SSSR count). The summed E-state index contributed by atoms with van der Waals surface area (Å²) in [5, 5.41) is 27.4. The quantitative estimate of drug-likeness (QED) is 0.217. The van der Waals surface area contributed by atoms with Gasteiger partial charge in [0.05, 0.1) is 6.10 Å². The SMILES string of the molecule is CC(C)(NC(=O)c1nnc2ccc(NCCCN3CCC(OC(c4ccccc4)c4ccccc4)CC3)nn12)C(=O)O. The summed E-state index contributed by atoms with van der Waals surface area (Å²) < 4.78 is 7.99. The molecule has 1 saturated heterocycles. The highest BCUT2D eigenvalue weighted by molar-refractivity contribution is 5.95. The number of carboxylic acid groups (broad SMARTS) is 1. The molecule has 220 valence electrons. The van der Waals surface area contributed by atoms with Gasteiger partial charge in [-0.15, -0.1) is 15.3 Å². The Bertz CT molecular complexity index is 1450. The van der Waals surface area contributed by atoms with E-state index in [4.69, 9.17) is 4.74 Å². The molecule has 0 saturated carbocycles. The van der Waals surface area contributed by atoms with Crippen LogP contribution in [0.15, 0.2) is 72.8 Å². The zero-order valence-electron chi connectivity index (χ0n) is 23.9. The number of anilines is 1. The second kappa shape index (κ2) is 13.1. The topological polar surface area (TPSA) is 134 Å². The maximum atomic E-state index is 12.6. The number of carbonyl (C=O) groups is 2. The third-order valence-electron chi connectivity index (χ3n) is 7.45. The molecule has 2 aromatic carbocycles. The molecule has 1 aliphatic rings. The summed E-state index contributed by atoms with van der Waals surface area (Å²) >= 11 is 0. The van der Waals surface area contributed by atoms with Crippen molar-refractivity contribution in [2.24, 2.45) is 0 Å². The lowest BCUT2D eigenvalue weighted by molar-refractivity contribution is -0.143. The fourth-order valence-corrected chi connectivity index (χ4v) is 5.00. The molecular formula is C31H37N7O4. The van der Waals surface area contributed by atoms with Gasteiger partial charge in [0.15, 0.2) is 5.65 Å². The highest BCUT2D eigenvalue weighted by Gasteiger charge is 2.31. The molecule has 0 unspecified atom stereocenters. The third-order valence-corrected chi connectivity index (χ3v) is 7.45. The molecule has 11 nitrogen and oxygen atoms in total. The standard InChI is InChI=1S/C31H37N7O4/c1-31(2,30(40)41)33-29(39)28-35-34-26-15-14-25(36-38(26)28)32-18-9-19-37-20-16-24(17-21-37)42-27(22-10-5-3-6-11-22)23-12-7-4-8-13-23/h3-8,10-15,24,27H,9,16-21H2,1-2H3,(H,32,36)(H,33,39)(H,40,41). The number of rotatable bonds is 12. The number of hydrogen-bond donors (Lipinski definition) is 3. The van der Waals surface area contributed by atoms with Crippen molar-refractivity contribution in [3.8, 4) is 0 Å². The zero-order valence-corrected chi connectivity index (χ0v) is 23.9. The van der Waals surface area contributed by atoms with Crippen LogP contribution in [0.2, 0.25) is 0 Å². The first-order chi connectivity index (χ1) is 20.3. The summed E-state index contributed by atoms with van der Waals surface area (Å²) in [5.74, 6) is -1.31. The van der Waals surface area contributed by atoms with Gasteiger partial charge in [-0.25, -0.2) is 4.79 Å². The molecular weight excluding hydrogens is 534 g/mol. The van der Waals surface area contributed by atoms with Crippen LogP contribution < -0.4 is 10.6 Å². The molecule has 0 spiro atoms. The number of aromatic nitrogens is 4. The first-order valence-electron chi connectivity index (χ1n) is 14.3. The van der Waals surface area contributed by atoms with E-state index >= 15 is 0 Å². The molecule has 3 heterocycles. The molecule has 0 radical (unpaired) electrons. The monoisotopic (exact) mass is 571 g/mol. The van der Waals surface area contributed by atoms with Crippen molar-refractivity contribution in [1.29, 1.82) is 0 Å². The lowest BCUT2D eigenvalue weighted by Gasteiger charge is -2.34. The summed E-state index contributed by atoms with van der Waals surface area (Å²) in [7, 11) is 0. The van der Waals surface area contributed by atoms with E-state index < -0.39 is 17.4 Å². The molecule has 42 heavy (non-hydrogen) atoms. The smallest absolute Gasteiger partial charge is 0.328 e. The second-order valence-corrected chi connectivity index (χ2v) is 11.1. The first kappa shape index (κ1) is 29.2. The number of carbonyl (C=O) groups excluding carboxylic acids is 1. The zero-order chi connectivity index (χ0) is 29.5. The minimum absolute atomic E-state index is 0.0704. The Hall–Kier alpha value is -4.35. The van der Waals surface area contributed by atoms with E-state index in [1.165, 1.54) is 29.5 Å². The molecule has 0 bridgehead atoms. The Morgan fingerprint density at radius 2 is 1.62 bits per heavy atom. The maximum Gasteiger partial charge on any atom is 0.328 e. The van der Waals surface area contributed by atoms with Crippen molar-refractivity contribution < 1.29 is 19.4 Å². The number of fused-ring (bicyclic) bond motifs is 1. The summed E-state index contributed by atoms with van der Waals surface area (Å²) in [4.78, 5) is 26.5. The predicted molar refractivity (Wildman–Crippen MR) is 158 cm³/mol. The highest BCUT2D eigenvalue weighted by Crippen LogP contribution is 2.30. The number of piperidine rings is 1. The molecule has 1 amide bonds. The van der Waals surface area contributed by atoms with Crippen molar-refractivity contribution >= 4 is 23.3 Å². The molecule has 11 heteroatoms. The molecule has 0 atom stereocenters. The molecule has 3 N–H and O–H groups in total. The van der Waals surface area contributed by atoms with Crippen LogP contribution in [-0.4, -0.2) is 79.5 Å². The fraction of sp³-hybridized carbons (Fsp3) is 0.387. The minimum Gasteiger partial charge on any atom is -0.480 e. The van der Waals surface area contributed by atoms with Crippen molar-refractivity contribution in [1.82, 2.24) is 30.0 Å². The van der Waals surface area contributed by atoms with E-state index in [0.717, 1.165) is 38.9 Å². The summed E-state index contributed by atoms with van der Waals surface area (Å²) in [5.41, 5.74) is 1.29. The number of nitrogens with zero attached hydrogens (tertiary/aromatic N) is 5. The Kier molecular flexibility index (Phi) is 9.09. The van der Waals surface area contributed by atoms with Crippen LogP contribution in [0, 0.1) is 0 Å². The number of carboxylic acids is 1. The predicted octanol–water partition coefficient (Wildman–Crippen LogP) is 3.79. The van der Waals surface area contributed by atoms with Crippen LogP contribution in [0.1, 0.15) is 61.0 Å². The number of hydrogen-bond acceptors (Lipinski definition) is 8. The first-order valence-corrected chi connectivity index (χ1v) is 14.3. The number of ether oxygens (including phenoxy) is 1. The molecule has 2 aromatic heterocycles. The Morgan fingerprint density at radius 1 is 0.976 bits per heavy atom. The van der Waals surface area contributed by atoms with E-state index in [0.29, 0.717) is 18.0 Å². The average Bonchev–Trinajstić information content (AvgIpc) is 3.43. The van der Waals surface area contributed by atoms with Gasteiger partial charge in [-0.1, -0.05) is 60.7 Å². The van der Waals surface area contributed by atoms with Gasteiger partial charge in [-0.2, -0.15) is 4.52 Å². The van der Waals surface area contributed by atoms with Gasteiger partial charge in [0.25, 0.3) is 5.91 Å². The van der Waals surface area contributed by atoms with Gasteiger partial charge in [0.1, 0.15) is 17.5 Å². The lowest BCUT2D eigenvalue weighted by Crippen LogP contribution is -2.50. The average molecular weight is 572 g/mol. The van der Waals surface area contributed by atoms with Crippen LogP contribution in [-0.2, 0) is 9.53 Å². The Morgan fingerprint density at radius 3 is 2.24 bits per heavy atom. The van der Waals surface area contributed by atoms with Gasteiger partial charge in [-0.05, 0) is 62.9 Å². The Balaban J connectivity index is 1.09. The van der Waals surface area contributed by atoms with Crippen LogP contribution in [0.5, 0.6) is 0 Å². The number of benzene rings is 2. The number of amides is 1. The van der Waals surface area contributed by atoms with Gasteiger partial charge >= 0.3 is 5.97 Å². The fourth-order valence-electron chi connectivity index (χ4n) is 5.00. The number of nitrogens with one attached hydrogen (secondary N) is 2. The second-order valence-electron chi connectivity index (χ2n) is 11.1. The van der Waals surface area contributed by atoms with E-state index in [9.17, 15) is 14.7 Å². The van der Waals surface area contributed by atoms with Gasteiger partial charge in [0.2, 0.25) is 5.82 Å². The van der Waals surface area contributed by atoms with E-state index in [2.05, 4.69) is 79.4 Å². The Labute approximate surface area is 244 Å². The van der Waals surface area contributed by atoms with Crippen LogP contribution in [0.3, 0.4) is 0 Å². The summed E-state index contributed by atoms with van der Waals surface area (Å²) in [6, 6.07) is 24.3. The van der Waals surface area contributed by atoms with Crippen molar-refractivity contribution in [2.45, 2.75) is 50.9 Å². The summed E-state index contributed by atoms with van der Waals surface area (Å²) in [6.07, 6.45) is 3.03. The van der Waals surface area contributed by atoms with E-state index in [1.807, 2.05) is 12.1 Å².